The van der Waals surface area contributed by atoms with Crippen molar-refractivity contribution in [1.82, 2.24) is 24.7 Å². The van der Waals surface area contributed by atoms with Gasteiger partial charge in [-0.2, -0.15) is 5.10 Å². The Morgan fingerprint density at radius 3 is 2.62 bits per heavy atom. The molecule has 0 saturated carbocycles. The van der Waals surface area contributed by atoms with Crippen LogP contribution in [-0.4, -0.2) is 83.0 Å². The van der Waals surface area contributed by atoms with Crippen molar-refractivity contribution in [2.24, 2.45) is 11.8 Å². The summed E-state index contributed by atoms with van der Waals surface area (Å²) in [6, 6.07) is 4.79. The van der Waals surface area contributed by atoms with E-state index in [4.69, 9.17) is 0 Å². The van der Waals surface area contributed by atoms with Gasteiger partial charge < -0.3 is 20.0 Å². The summed E-state index contributed by atoms with van der Waals surface area (Å²) in [6.45, 7) is 13.4. The third kappa shape index (κ3) is 5.54. The van der Waals surface area contributed by atoms with Crippen LogP contribution in [-0.2, 0) is 0 Å². The molecule has 0 radical (unpaired) electrons. The maximum absolute atomic E-state index is 15.5. The van der Waals surface area contributed by atoms with Gasteiger partial charge in [0.25, 0.3) is 0 Å². The van der Waals surface area contributed by atoms with Gasteiger partial charge in [-0.3, -0.25) is 0 Å². The van der Waals surface area contributed by atoms with Crippen LogP contribution >= 0.6 is 0 Å². The molecular formula is C29H41FN6O. The average Bonchev–Trinajstić information content (AvgIpc) is 3.33. The molecule has 200 valence electrons. The number of rotatable bonds is 5. The highest BCUT2D eigenvalue weighted by Crippen LogP contribution is 2.36. The molecule has 2 aromatic heterocycles. The van der Waals surface area contributed by atoms with Crippen LogP contribution in [0, 0.1) is 11.8 Å². The standard InChI is InChI=1S/C29H41FN6O/c1-20(2)32-29(37)34-14-12-33(13-15-34)27-9-10-31-36-19-24(17-28(27)36)22-7-8-25(26(30)16-22)23-6-5-11-35(18-23)21(3)4/h7-10,16-17,19-21,23,25-26H,5-6,11-15,18H2,1-4H3,(H,32,37)/t23-,25?,26?/m1/s1. The molecule has 4 heterocycles. The van der Waals surface area contributed by atoms with Crippen molar-refractivity contribution in [2.75, 3.05) is 44.2 Å². The molecular weight excluding hydrogens is 467 g/mol. The number of amides is 2. The minimum Gasteiger partial charge on any atom is -0.366 e. The molecule has 3 aliphatic rings. The maximum atomic E-state index is 15.5. The topological polar surface area (TPSA) is 56.1 Å². The van der Waals surface area contributed by atoms with Gasteiger partial charge >= 0.3 is 6.03 Å². The second kappa shape index (κ2) is 10.9. The molecule has 5 rings (SSSR count). The lowest BCUT2D eigenvalue weighted by molar-refractivity contribution is 0.0992. The molecule has 2 saturated heterocycles. The molecule has 0 aromatic carbocycles. The SMILES string of the molecule is CC(C)NC(=O)N1CCN(c2ccnn3cc(C4=CC(F)C([C@@H]5CCCN(C(C)C)C5)C=C4)cc23)CC1. The summed E-state index contributed by atoms with van der Waals surface area (Å²) in [7, 11) is 0. The molecule has 37 heavy (non-hydrogen) atoms. The van der Waals surface area contributed by atoms with Crippen LogP contribution in [0.25, 0.3) is 11.1 Å². The number of nitrogens with zero attached hydrogens (tertiary/aromatic N) is 5. The number of halogens is 1. The number of likely N-dealkylation sites (tertiary alicyclic amines) is 1. The summed E-state index contributed by atoms with van der Waals surface area (Å²) in [5, 5.41) is 7.50. The summed E-state index contributed by atoms with van der Waals surface area (Å²) in [5.41, 5.74) is 4.01. The van der Waals surface area contributed by atoms with Gasteiger partial charge in [0, 0.05) is 68.7 Å². The highest BCUT2D eigenvalue weighted by atomic mass is 19.1. The Morgan fingerprint density at radius 1 is 1.14 bits per heavy atom. The summed E-state index contributed by atoms with van der Waals surface area (Å²) in [4.78, 5) is 19.0. The number of carbonyl (C=O) groups excluding carboxylic acids is 1. The number of urea groups is 1. The van der Waals surface area contributed by atoms with Gasteiger partial charge in [0.2, 0.25) is 0 Å². The van der Waals surface area contributed by atoms with Crippen molar-refractivity contribution >= 4 is 22.8 Å². The number of hydrogen-bond donors (Lipinski definition) is 1. The summed E-state index contributed by atoms with van der Waals surface area (Å²) < 4.78 is 17.4. The number of carbonyl (C=O) groups is 1. The maximum Gasteiger partial charge on any atom is 0.317 e. The molecule has 2 amide bonds. The molecule has 2 aromatic rings. The highest BCUT2D eigenvalue weighted by Gasteiger charge is 2.33. The van der Waals surface area contributed by atoms with Gasteiger partial charge in [-0.05, 0) is 76.8 Å². The third-order valence-corrected chi connectivity index (χ3v) is 8.11. The molecule has 2 unspecified atom stereocenters. The minimum absolute atomic E-state index is 0.000239. The van der Waals surface area contributed by atoms with Crippen molar-refractivity contribution in [3.63, 3.8) is 0 Å². The lowest BCUT2D eigenvalue weighted by Gasteiger charge is -2.39. The fourth-order valence-corrected chi connectivity index (χ4v) is 6.01. The number of piperazine rings is 1. The number of piperidine rings is 1. The van der Waals surface area contributed by atoms with Crippen molar-refractivity contribution in [1.29, 1.82) is 0 Å². The van der Waals surface area contributed by atoms with Gasteiger partial charge in [0.1, 0.15) is 6.17 Å². The Labute approximate surface area is 220 Å². The van der Waals surface area contributed by atoms with Crippen molar-refractivity contribution in [2.45, 2.75) is 58.8 Å². The molecule has 0 spiro atoms. The van der Waals surface area contributed by atoms with Crippen molar-refractivity contribution in [3.8, 4) is 0 Å². The van der Waals surface area contributed by atoms with Crippen LogP contribution in [0.15, 0.2) is 42.8 Å². The van der Waals surface area contributed by atoms with Crippen LogP contribution in [0.4, 0.5) is 14.9 Å². The van der Waals surface area contributed by atoms with Gasteiger partial charge in [-0.1, -0.05) is 12.2 Å². The molecule has 0 bridgehead atoms. The lowest BCUT2D eigenvalue weighted by atomic mass is 9.79. The second-order valence-corrected chi connectivity index (χ2v) is 11.3. The van der Waals surface area contributed by atoms with Crippen molar-refractivity contribution in [3.05, 3.63) is 48.3 Å². The minimum atomic E-state index is -0.974. The van der Waals surface area contributed by atoms with Crippen LogP contribution in [0.5, 0.6) is 0 Å². The number of anilines is 1. The van der Waals surface area contributed by atoms with E-state index in [-0.39, 0.29) is 18.0 Å². The molecule has 2 aliphatic heterocycles. The predicted molar refractivity (Wildman–Crippen MR) is 148 cm³/mol. The van der Waals surface area contributed by atoms with Crippen LogP contribution in [0.1, 0.15) is 46.1 Å². The molecule has 3 atom stereocenters. The zero-order valence-electron chi connectivity index (χ0n) is 22.6. The Kier molecular flexibility index (Phi) is 7.56. The van der Waals surface area contributed by atoms with E-state index < -0.39 is 6.17 Å². The lowest BCUT2D eigenvalue weighted by Crippen LogP contribution is -2.53. The Hall–Kier alpha value is -2.87. The molecule has 8 heteroatoms. The monoisotopic (exact) mass is 508 g/mol. The van der Waals surface area contributed by atoms with Crippen LogP contribution < -0.4 is 10.2 Å². The zero-order chi connectivity index (χ0) is 26.1. The van der Waals surface area contributed by atoms with E-state index in [9.17, 15) is 4.79 Å². The quantitative estimate of drug-likeness (QED) is 0.641. The molecule has 1 aliphatic carbocycles. The largest absolute Gasteiger partial charge is 0.366 e. The van der Waals surface area contributed by atoms with Crippen LogP contribution in [0.3, 0.4) is 0 Å². The number of fused-ring (bicyclic) bond motifs is 1. The van der Waals surface area contributed by atoms with E-state index in [0.29, 0.717) is 25.0 Å². The Bertz CT molecular complexity index is 1160. The van der Waals surface area contributed by atoms with Gasteiger partial charge in [-0.25, -0.2) is 13.7 Å². The number of allylic oxidation sites excluding steroid dienone is 4. The Morgan fingerprint density at radius 2 is 1.92 bits per heavy atom. The normalized spacial score (nSPS) is 25.3. The van der Waals surface area contributed by atoms with Gasteiger partial charge in [0.05, 0.1) is 11.2 Å². The van der Waals surface area contributed by atoms with E-state index in [1.165, 1.54) is 0 Å². The molecule has 7 nitrogen and oxygen atoms in total. The smallest absolute Gasteiger partial charge is 0.317 e. The fraction of sp³-hybridized carbons (Fsp3) is 0.586. The van der Waals surface area contributed by atoms with Crippen molar-refractivity contribution < 1.29 is 9.18 Å². The van der Waals surface area contributed by atoms with E-state index in [0.717, 1.165) is 61.4 Å². The van der Waals surface area contributed by atoms with Crippen LogP contribution in [0.2, 0.25) is 0 Å². The molecule has 2 fully saturated rings. The first-order valence-corrected chi connectivity index (χ1v) is 13.9. The molecule has 1 N–H and O–H groups in total. The van der Waals surface area contributed by atoms with Gasteiger partial charge in [-0.15, -0.1) is 0 Å². The predicted octanol–water partition coefficient (Wildman–Crippen LogP) is 4.60. The summed E-state index contributed by atoms with van der Waals surface area (Å²) >= 11 is 0. The van der Waals surface area contributed by atoms with E-state index in [2.05, 4.69) is 52.3 Å². The first-order valence-electron chi connectivity index (χ1n) is 13.9. The van der Waals surface area contributed by atoms with E-state index >= 15 is 4.39 Å². The zero-order valence-corrected chi connectivity index (χ0v) is 22.6. The highest BCUT2D eigenvalue weighted by molar-refractivity contribution is 5.83. The first kappa shape index (κ1) is 25.8. The first-order chi connectivity index (χ1) is 17.8. The van der Waals surface area contributed by atoms with E-state index in [1.54, 1.807) is 6.08 Å². The van der Waals surface area contributed by atoms with E-state index in [1.807, 2.05) is 41.7 Å². The number of nitrogens with one attached hydrogen (secondary N) is 1. The number of aromatic nitrogens is 2. The average molecular weight is 509 g/mol. The third-order valence-electron chi connectivity index (χ3n) is 8.11. The number of hydrogen-bond acceptors (Lipinski definition) is 4. The Balaban J connectivity index is 1.29. The number of alkyl halides is 1. The second-order valence-electron chi connectivity index (χ2n) is 11.3. The fourth-order valence-electron chi connectivity index (χ4n) is 6.01. The van der Waals surface area contributed by atoms with Gasteiger partial charge in [0.15, 0.2) is 0 Å². The summed E-state index contributed by atoms with van der Waals surface area (Å²) in [5.74, 6) is 0.308. The summed E-state index contributed by atoms with van der Waals surface area (Å²) in [6.07, 6.45) is 11.1.